The van der Waals surface area contributed by atoms with Gasteiger partial charge in [-0.25, -0.2) is 0 Å². The zero-order valence-corrected chi connectivity index (χ0v) is 11.5. The van der Waals surface area contributed by atoms with Crippen LogP contribution in [-0.4, -0.2) is 4.98 Å². The largest absolute Gasteiger partial charge is 0.355 e. The Kier molecular flexibility index (Phi) is 3.03. The Morgan fingerprint density at radius 2 is 1.79 bits per heavy atom. The van der Waals surface area contributed by atoms with Crippen molar-refractivity contribution < 1.29 is 0 Å². The summed E-state index contributed by atoms with van der Waals surface area (Å²) >= 11 is 0. The smallest absolute Gasteiger partial charge is 0.0465 e. The quantitative estimate of drug-likeness (QED) is 0.714. The molecule has 0 spiro atoms. The second kappa shape index (κ2) is 4.71. The first-order valence-electron chi connectivity index (χ1n) is 6.96. The van der Waals surface area contributed by atoms with Gasteiger partial charge in [0.2, 0.25) is 0 Å². The lowest BCUT2D eigenvalue weighted by Gasteiger charge is -2.18. The number of hydrogen-bond donors (Lipinski definition) is 2. The minimum absolute atomic E-state index is 0.114. The molecule has 2 heteroatoms. The van der Waals surface area contributed by atoms with Gasteiger partial charge in [0, 0.05) is 27.8 Å². The standard InChI is InChI=1S/C17H20N2/c1-3-11(2)17(18)12-8-9-16-14(10-12)13-6-4-5-7-15(13)19-16/h4-11,17,19H,3,18H2,1-2H3. The van der Waals surface area contributed by atoms with E-state index in [1.54, 1.807) is 0 Å². The molecule has 0 saturated heterocycles. The maximum Gasteiger partial charge on any atom is 0.0465 e. The highest BCUT2D eigenvalue weighted by Gasteiger charge is 2.14. The first kappa shape index (κ1) is 12.2. The molecule has 0 aliphatic heterocycles. The fraction of sp³-hybridized carbons (Fsp3) is 0.294. The van der Waals surface area contributed by atoms with Crippen LogP contribution in [0.5, 0.6) is 0 Å². The number of aromatic nitrogens is 1. The molecule has 98 valence electrons. The number of aromatic amines is 1. The average molecular weight is 252 g/mol. The molecular weight excluding hydrogens is 232 g/mol. The first-order chi connectivity index (χ1) is 9.20. The minimum Gasteiger partial charge on any atom is -0.355 e. The van der Waals surface area contributed by atoms with Gasteiger partial charge in [-0.15, -0.1) is 0 Å². The topological polar surface area (TPSA) is 41.8 Å². The van der Waals surface area contributed by atoms with Crippen molar-refractivity contribution in [1.82, 2.24) is 4.98 Å². The summed E-state index contributed by atoms with van der Waals surface area (Å²) < 4.78 is 0. The van der Waals surface area contributed by atoms with Gasteiger partial charge in [-0.3, -0.25) is 0 Å². The van der Waals surface area contributed by atoms with Gasteiger partial charge in [0.15, 0.2) is 0 Å². The van der Waals surface area contributed by atoms with Crippen LogP contribution in [0.2, 0.25) is 0 Å². The summed E-state index contributed by atoms with van der Waals surface area (Å²) in [5, 5.41) is 2.54. The molecule has 2 atom stereocenters. The van der Waals surface area contributed by atoms with Gasteiger partial charge in [-0.2, -0.15) is 0 Å². The van der Waals surface area contributed by atoms with Gasteiger partial charge in [0.05, 0.1) is 0 Å². The lowest BCUT2D eigenvalue weighted by Crippen LogP contribution is -2.18. The third-order valence-corrected chi connectivity index (χ3v) is 4.17. The van der Waals surface area contributed by atoms with Gasteiger partial charge < -0.3 is 10.7 Å². The Morgan fingerprint density at radius 1 is 1.05 bits per heavy atom. The molecule has 0 aliphatic carbocycles. The molecule has 0 bridgehead atoms. The summed E-state index contributed by atoms with van der Waals surface area (Å²) in [5.74, 6) is 0.502. The van der Waals surface area contributed by atoms with Gasteiger partial charge in [-0.1, -0.05) is 44.5 Å². The summed E-state index contributed by atoms with van der Waals surface area (Å²) in [6.45, 7) is 4.40. The Labute approximate surface area is 113 Å². The van der Waals surface area contributed by atoms with Gasteiger partial charge in [0.1, 0.15) is 0 Å². The number of H-pyrrole nitrogens is 1. The van der Waals surface area contributed by atoms with Crippen molar-refractivity contribution in [2.24, 2.45) is 11.7 Å². The third kappa shape index (κ3) is 2.02. The van der Waals surface area contributed by atoms with Gasteiger partial charge in [0.25, 0.3) is 0 Å². The van der Waals surface area contributed by atoms with Crippen molar-refractivity contribution in [3.05, 3.63) is 48.0 Å². The maximum absolute atomic E-state index is 6.34. The number of nitrogens with one attached hydrogen (secondary N) is 1. The van der Waals surface area contributed by atoms with Crippen molar-refractivity contribution in [2.75, 3.05) is 0 Å². The molecule has 3 N–H and O–H groups in total. The number of hydrogen-bond acceptors (Lipinski definition) is 1. The Bertz CT molecular complexity index is 711. The Hall–Kier alpha value is -1.80. The fourth-order valence-corrected chi connectivity index (χ4v) is 2.66. The lowest BCUT2D eigenvalue weighted by atomic mass is 9.92. The molecular formula is C17H20N2. The summed E-state index contributed by atoms with van der Waals surface area (Å²) in [5.41, 5.74) is 9.94. The molecule has 1 heterocycles. The van der Waals surface area contributed by atoms with Crippen LogP contribution in [0.4, 0.5) is 0 Å². The van der Waals surface area contributed by atoms with E-state index in [0.29, 0.717) is 5.92 Å². The predicted octanol–water partition coefficient (Wildman–Crippen LogP) is 4.37. The molecule has 0 radical (unpaired) electrons. The molecule has 0 amide bonds. The SMILES string of the molecule is CCC(C)C(N)c1ccc2[nH]c3ccccc3c2c1. The van der Waals surface area contributed by atoms with E-state index < -0.39 is 0 Å². The number of fused-ring (bicyclic) bond motifs is 3. The van der Waals surface area contributed by atoms with E-state index >= 15 is 0 Å². The predicted molar refractivity (Wildman–Crippen MR) is 82.2 cm³/mol. The number of benzene rings is 2. The van der Waals surface area contributed by atoms with Crippen molar-refractivity contribution in [1.29, 1.82) is 0 Å². The van der Waals surface area contributed by atoms with Crippen LogP contribution in [0.15, 0.2) is 42.5 Å². The number of nitrogens with two attached hydrogens (primary N) is 1. The molecule has 0 fully saturated rings. The van der Waals surface area contributed by atoms with E-state index in [-0.39, 0.29) is 6.04 Å². The second-order valence-corrected chi connectivity index (χ2v) is 5.39. The Morgan fingerprint density at radius 3 is 2.58 bits per heavy atom. The van der Waals surface area contributed by atoms with Crippen molar-refractivity contribution in [2.45, 2.75) is 26.3 Å². The van der Waals surface area contributed by atoms with E-state index in [1.807, 2.05) is 0 Å². The maximum atomic E-state index is 6.34. The monoisotopic (exact) mass is 252 g/mol. The summed E-state index contributed by atoms with van der Waals surface area (Å²) in [7, 11) is 0. The molecule has 2 nitrogen and oxygen atoms in total. The molecule has 2 aromatic carbocycles. The average Bonchev–Trinajstić information content (AvgIpc) is 2.83. The normalized spacial score (nSPS) is 14.9. The first-order valence-corrected chi connectivity index (χ1v) is 6.96. The van der Waals surface area contributed by atoms with Crippen LogP contribution in [0.25, 0.3) is 21.8 Å². The molecule has 3 rings (SSSR count). The molecule has 2 unspecified atom stereocenters. The van der Waals surface area contributed by atoms with Gasteiger partial charge >= 0.3 is 0 Å². The molecule has 1 aromatic heterocycles. The van der Waals surface area contributed by atoms with E-state index in [1.165, 1.54) is 27.4 Å². The van der Waals surface area contributed by atoms with Crippen LogP contribution in [-0.2, 0) is 0 Å². The van der Waals surface area contributed by atoms with Crippen LogP contribution < -0.4 is 5.73 Å². The molecule has 0 aliphatic rings. The van der Waals surface area contributed by atoms with Crippen LogP contribution >= 0.6 is 0 Å². The Balaban J connectivity index is 2.16. The van der Waals surface area contributed by atoms with E-state index in [0.717, 1.165) is 6.42 Å². The second-order valence-electron chi connectivity index (χ2n) is 5.39. The van der Waals surface area contributed by atoms with E-state index in [2.05, 4.69) is 61.3 Å². The highest BCUT2D eigenvalue weighted by molar-refractivity contribution is 6.07. The van der Waals surface area contributed by atoms with Crippen molar-refractivity contribution in [3.63, 3.8) is 0 Å². The summed E-state index contributed by atoms with van der Waals surface area (Å²) in [6, 6.07) is 15.1. The van der Waals surface area contributed by atoms with E-state index in [9.17, 15) is 0 Å². The minimum atomic E-state index is 0.114. The molecule has 3 aromatic rings. The van der Waals surface area contributed by atoms with E-state index in [4.69, 9.17) is 5.73 Å². The van der Waals surface area contributed by atoms with Crippen LogP contribution in [0, 0.1) is 5.92 Å². The highest BCUT2D eigenvalue weighted by Crippen LogP contribution is 2.29. The summed E-state index contributed by atoms with van der Waals surface area (Å²) in [6.07, 6.45) is 1.10. The zero-order chi connectivity index (χ0) is 13.4. The van der Waals surface area contributed by atoms with Gasteiger partial charge in [-0.05, 0) is 29.7 Å². The van der Waals surface area contributed by atoms with Crippen LogP contribution in [0.1, 0.15) is 31.9 Å². The fourth-order valence-electron chi connectivity index (χ4n) is 2.66. The number of rotatable bonds is 3. The van der Waals surface area contributed by atoms with Crippen LogP contribution in [0.3, 0.4) is 0 Å². The highest BCUT2D eigenvalue weighted by atomic mass is 14.7. The summed E-state index contributed by atoms with van der Waals surface area (Å²) in [4.78, 5) is 3.45. The van der Waals surface area contributed by atoms with Crippen molar-refractivity contribution >= 4 is 21.8 Å². The number of para-hydroxylation sites is 1. The zero-order valence-electron chi connectivity index (χ0n) is 11.5. The lowest BCUT2D eigenvalue weighted by molar-refractivity contribution is 0.457. The van der Waals surface area contributed by atoms with Crippen molar-refractivity contribution in [3.8, 4) is 0 Å². The molecule has 19 heavy (non-hydrogen) atoms. The molecule has 0 saturated carbocycles. The third-order valence-electron chi connectivity index (χ3n) is 4.17.